The predicted octanol–water partition coefficient (Wildman–Crippen LogP) is 7.43. The van der Waals surface area contributed by atoms with Crippen LogP contribution in [-0.2, 0) is 31.5 Å². The first-order valence-corrected chi connectivity index (χ1v) is 16.9. The Morgan fingerprint density at radius 1 is 0.778 bits per heavy atom. The molecule has 4 amide bonds. The Bertz CT molecular complexity index is 2090. The number of fused-ring (bicyclic) bond motifs is 4. The van der Waals surface area contributed by atoms with E-state index < -0.39 is 87.8 Å². The van der Waals surface area contributed by atoms with Crippen molar-refractivity contribution in [2.45, 2.75) is 32.1 Å². The quantitative estimate of drug-likeness (QED) is 0.158. The lowest BCUT2D eigenvalue weighted by molar-refractivity contribution is -0.143. The van der Waals surface area contributed by atoms with Gasteiger partial charge in [0.2, 0.25) is 29.4 Å². The van der Waals surface area contributed by atoms with Crippen LogP contribution < -0.4 is 19.3 Å². The second-order valence-corrected chi connectivity index (χ2v) is 14.0. The van der Waals surface area contributed by atoms with Crippen molar-refractivity contribution in [1.29, 1.82) is 0 Å². The Balaban J connectivity index is 1.34. The molecule has 0 spiro atoms. The van der Waals surface area contributed by atoms with Crippen molar-refractivity contribution in [3.63, 3.8) is 0 Å². The van der Waals surface area contributed by atoms with Gasteiger partial charge in [-0.05, 0) is 73.7 Å². The number of amides is 4. The van der Waals surface area contributed by atoms with E-state index in [-0.39, 0.29) is 36.2 Å². The van der Waals surface area contributed by atoms with E-state index in [4.69, 9.17) is 9.47 Å². The van der Waals surface area contributed by atoms with Gasteiger partial charge in [-0.2, -0.15) is 26.3 Å². The summed E-state index contributed by atoms with van der Waals surface area (Å²) in [5.41, 5.74) is -4.33. The van der Waals surface area contributed by atoms with Crippen molar-refractivity contribution in [1.82, 2.24) is 0 Å². The van der Waals surface area contributed by atoms with E-state index in [1.807, 2.05) is 0 Å². The van der Waals surface area contributed by atoms with Gasteiger partial charge in [-0.1, -0.05) is 42.0 Å². The molecule has 0 aromatic heterocycles. The number of allylic oxidation sites excluding steroid dienone is 3. The number of aromatic hydroxyl groups is 1. The SMILES string of the molecule is COc1cc(C=CC2C3=CCC4C(=O)N(c5cc(C(F)(F)F)cc(C(F)(F)F)c5)C(=O)C4C3CC3C(=O)N(c4ccccc4)C(=O)C23C)cc(OC)c1O. The predicted molar refractivity (Wildman–Crippen MR) is 181 cm³/mol. The zero-order chi connectivity index (χ0) is 39.1. The Morgan fingerprint density at radius 3 is 1.93 bits per heavy atom. The molecular formula is C39H32F6N2O7. The van der Waals surface area contributed by atoms with Gasteiger partial charge in [0.15, 0.2) is 11.5 Å². The third-order valence-corrected chi connectivity index (χ3v) is 11.2. The molecule has 15 heteroatoms. The minimum absolute atomic E-state index is 0.0827. The van der Waals surface area contributed by atoms with Gasteiger partial charge >= 0.3 is 12.4 Å². The summed E-state index contributed by atoms with van der Waals surface area (Å²) in [6, 6.07) is 11.9. The average molecular weight is 755 g/mol. The largest absolute Gasteiger partial charge is 0.502 e. The summed E-state index contributed by atoms with van der Waals surface area (Å²) in [5.74, 6) is -8.30. The second-order valence-electron chi connectivity index (χ2n) is 14.0. The minimum Gasteiger partial charge on any atom is -0.502 e. The number of methoxy groups -OCH3 is 2. The number of nitrogens with zero attached hydrogens (tertiary/aromatic N) is 2. The number of phenolic OH excluding ortho intramolecular Hbond substituents is 1. The summed E-state index contributed by atoms with van der Waals surface area (Å²) < 4.78 is 93.4. The van der Waals surface area contributed by atoms with Crippen LogP contribution in [-0.4, -0.2) is 43.0 Å². The van der Waals surface area contributed by atoms with Crippen molar-refractivity contribution in [2.24, 2.45) is 35.0 Å². The van der Waals surface area contributed by atoms with Crippen LogP contribution in [0.4, 0.5) is 37.7 Å². The molecule has 6 atom stereocenters. The number of imide groups is 2. The minimum atomic E-state index is -5.22. The molecule has 2 heterocycles. The van der Waals surface area contributed by atoms with Crippen LogP contribution in [0, 0.1) is 35.0 Å². The fraction of sp³-hybridized carbons (Fsp3) is 0.333. The zero-order valence-corrected chi connectivity index (χ0v) is 28.9. The lowest BCUT2D eigenvalue weighted by Crippen LogP contribution is -2.49. The molecule has 0 bridgehead atoms. The van der Waals surface area contributed by atoms with E-state index in [9.17, 15) is 50.6 Å². The number of carbonyl (C=O) groups is 4. The number of halogens is 6. The van der Waals surface area contributed by atoms with E-state index in [0.717, 1.165) is 4.90 Å². The lowest BCUT2D eigenvalue weighted by Gasteiger charge is -2.47. The van der Waals surface area contributed by atoms with Crippen LogP contribution in [0.15, 0.2) is 78.4 Å². The number of anilines is 2. The van der Waals surface area contributed by atoms with Crippen LogP contribution in [0.3, 0.4) is 0 Å². The van der Waals surface area contributed by atoms with Crippen LogP contribution in [0.25, 0.3) is 6.08 Å². The molecule has 282 valence electrons. The highest BCUT2D eigenvalue weighted by molar-refractivity contribution is 6.25. The van der Waals surface area contributed by atoms with E-state index in [0.29, 0.717) is 33.9 Å². The fourth-order valence-corrected chi connectivity index (χ4v) is 8.58. The number of hydrogen-bond acceptors (Lipinski definition) is 7. The topological polar surface area (TPSA) is 113 Å². The molecule has 7 rings (SSSR count). The molecule has 1 N–H and O–H groups in total. The van der Waals surface area contributed by atoms with Crippen molar-refractivity contribution in [3.05, 3.63) is 95.1 Å². The second kappa shape index (κ2) is 12.8. The van der Waals surface area contributed by atoms with Crippen LogP contribution in [0.5, 0.6) is 17.2 Å². The highest BCUT2D eigenvalue weighted by Gasteiger charge is 2.67. The molecule has 2 aliphatic carbocycles. The van der Waals surface area contributed by atoms with Gasteiger partial charge in [-0.25, -0.2) is 9.80 Å². The molecule has 6 unspecified atom stereocenters. The Hall–Kier alpha value is -5.60. The van der Waals surface area contributed by atoms with Crippen molar-refractivity contribution >= 4 is 41.1 Å². The molecular weight excluding hydrogens is 722 g/mol. The number of rotatable bonds is 6. The maximum atomic E-state index is 14.5. The summed E-state index contributed by atoms with van der Waals surface area (Å²) in [6.07, 6.45) is -5.64. The maximum Gasteiger partial charge on any atom is 0.416 e. The van der Waals surface area contributed by atoms with Crippen molar-refractivity contribution in [2.75, 3.05) is 24.0 Å². The molecule has 9 nitrogen and oxygen atoms in total. The maximum absolute atomic E-state index is 14.5. The molecule has 0 radical (unpaired) electrons. The third-order valence-electron chi connectivity index (χ3n) is 11.2. The molecule has 2 aliphatic heterocycles. The number of para-hydroxylation sites is 1. The average Bonchev–Trinajstić information content (AvgIpc) is 3.50. The number of phenols is 1. The van der Waals surface area contributed by atoms with Crippen molar-refractivity contribution < 1.29 is 60.1 Å². The number of ether oxygens (including phenoxy) is 2. The summed E-state index contributed by atoms with van der Waals surface area (Å²) in [7, 11) is 2.69. The van der Waals surface area contributed by atoms with Gasteiger partial charge in [-0.3, -0.25) is 19.2 Å². The first-order chi connectivity index (χ1) is 25.4. The van der Waals surface area contributed by atoms with Gasteiger partial charge in [0, 0.05) is 5.92 Å². The van der Waals surface area contributed by atoms with Crippen LogP contribution in [0.1, 0.15) is 36.5 Å². The molecule has 3 fully saturated rings. The number of hydrogen-bond donors (Lipinski definition) is 1. The summed E-state index contributed by atoms with van der Waals surface area (Å²) >= 11 is 0. The number of benzene rings is 3. The fourth-order valence-electron chi connectivity index (χ4n) is 8.58. The van der Waals surface area contributed by atoms with Gasteiger partial charge in [0.25, 0.3) is 0 Å². The Morgan fingerprint density at radius 2 is 1.37 bits per heavy atom. The van der Waals surface area contributed by atoms with Crippen molar-refractivity contribution in [3.8, 4) is 17.2 Å². The standard InChI is InChI=1S/C39H32F6N2O7/c1-37-27(12-9-19-13-29(53-2)32(48)30(14-19)54-3)24-10-11-25-31(26(24)18-28(37)34(50)47(36(37)52)22-7-5-4-6-8-22)35(51)46(33(25)49)23-16-20(38(40,41)42)15-21(17-23)39(43,44)45/h4-10,12-17,25-28,31,48H,11,18H2,1-3H3. The third kappa shape index (κ3) is 5.62. The van der Waals surface area contributed by atoms with E-state index in [1.165, 1.54) is 26.4 Å². The van der Waals surface area contributed by atoms with Gasteiger partial charge in [-0.15, -0.1) is 0 Å². The van der Waals surface area contributed by atoms with Gasteiger partial charge in [0.1, 0.15) is 0 Å². The van der Waals surface area contributed by atoms with E-state index in [2.05, 4.69) is 0 Å². The number of alkyl halides is 6. The molecule has 3 aromatic carbocycles. The molecule has 4 aliphatic rings. The highest BCUT2D eigenvalue weighted by Crippen LogP contribution is 2.61. The lowest BCUT2D eigenvalue weighted by atomic mass is 9.52. The van der Waals surface area contributed by atoms with E-state index >= 15 is 0 Å². The molecule has 1 saturated carbocycles. The summed E-state index contributed by atoms with van der Waals surface area (Å²) in [5, 5.41) is 10.5. The van der Waals surface area contributed by atoms with E-state index in [1.54, 1.807) is 55.5 Å². The van der Waals surface area contributed by atoms with Gasteiger partial charge in [0.05, 0.1) is 59.9 Å². The van der Waals surface area contributed by atoms with Crippen LogP contribution >= 0.6 is 0 Å². The first-order valence-electron chi connectivity index (χ1n) is 16.9. The summed E-state index contributed by atoms with van der Waals surface area (Å²) in [6.45, 7) is 1.65. The monoisotopic (exact) mass is 754 g/mol. The van der Waals surface area contributed by atoms with Gasteiger partial charge < -0.3 is 14.6 Å². The Kier molecular flexibility index (Phi) is 8.69. The molecule has 2 saturated heterocycles. The first kappa shape index (κ1) is 36.7. The smallest absolute Gasteiger partial charge is 0.416 e. The molecule has 3 aromatic rings. The van der Waals surface area contributed by atoms with Crippen LogP contribution in [0.2, 0.25) is 0 Å². The Labute approximate surface area is 304 Å². The zero-order valence-electron chi connectivity index (χ0n) is 28.9. The molecule has 54 heavy (non-hydrogen) atoms. The number of carbonyl (C=O) groups excluding carboxylic acids is 4. The highest BCUT2D eigenvalue weighted by atomic mass is 19.4. The summed E-state index contributed by atoms with van der Waals surface area (Å²) in [4.78, 5) is 58.4. The normalized spacial score (nSPS) is 26.9.